The van der Waals surface area contributed by atoms with Crippen LogP contribution in [-0.2, 0) is 18.4 Å². The topological polar surface area (TPSA) is 94.7 Å². The van der Waals surface area contributed by atoms with Crippen molar-refractivity contribution >= 4 is 44.2 Å². The van der Waals surface area contributed by atoms with E-state index in [2.05, 4.69) is 44.6 Å². The maximum Gasteiger partial charge on any atom is 0.264 e. The Balaban J connectivity index is 1.34. The van der Waals surface area contributed by atoms with Crippen molar-refractivity contribution in [2.75, 3.05) is 5.32 Å². The third kappa shape index (κ3) is 3.25. The summed E-state index contributed by atoms with van der Waals surface area (Å²) in [5, 5.41) is 11.8. The van der Waals surface area contributed by atoms with Gasteiger partial charge in [0.05, 0.1) is 11.9 Å². The summed E-state index contributed by atoms with van der Waals surface area (Å²) in [6, 6.07) is 14.3. The molecule has 0 saturated heterocycles. The van der Waals surface area contributed by atoms with E-state index in [1.165, 1.54) is 33.1 Å². The van der Waals surface area contributed by atoms with Crippen molar-refractivity contribution in [2.45, 2.75) is 6.54 Å². The summed E-state index contributed by atoms with van der Waals surface area (Å²) in [5.41, 5.74) is 1.94. The number of benzene rings is 2. The molecule has 30 heavy (non-hydrogen) atoms. The number of anilines is 1. The van der Waals surface area contributed by atoms with Gasteiger partial charge in [-0.2, -0.15) is 5.10 Å². The van der Waals surface area contributed by atoms with Crippen molar-refractivity contribution in [1.82, 2.24) is 24.3 Å². The SMILES string of the molecule is Cn1ncc2c(=O)n(CC(=O)Nc3nc(-c4ccc5ccccc5c4)cs3)cnc21. The first kappa shape index (κ1) is 18.2. The fourth-order valence-electron chi connectivity index (χ4n) is 3.31. The molecule has 8 nitrogen and oxygen atoms in total. The number of rotatable bonds is 4. The molecule has 3 aromatic heterocycles. The van der Waals surface area contributed by atoms with E-state index in [9.17, 15) is 9.59 Å². The molecule has 0 spiro atoms. The van der Waals surface area contributed by atoms with Crippen molar-refractivity contribution in [3.8, 4) is 11.3 Å². The smallest absolute Gasteiger partial charge is 0.264 e. The van der Waals surface area contributed by atoms with Crippen LogP contribution in [0.4, 0.5) is 5.13 Å². The normalized spacial score (nSPS) is 11.2. The molecule has 0 unspecified atom stereocenters. The monoisotopic (exact) mass is 416 g/mol. The van der Waals surface area contributed by atoms with E-state index in [0.717, 1.165) is 22.0 Å². The van der Waals surface area contributed by atoms with Gasteiger partial charge in [0.1, 0.15) is 18.3 Å². The van der Waals surface area contributed by atoms with Gasteiger partial charge in [0.2, 0.25) is 5.91 Å². The van der Waals surface area contributed by atoms with E-state index in [4.69, 9.17) is 0 Å². The van der Waals surface area contributed by atoms with Crippen LogP contribution in [0.1, 0.15) is 0 Å². The Kier molecular flexibility index (Phi) is 4.36. The van der Waals surface area contributed by atoms with E-state index in [-0.39, 0.29) is 18.0 Å². The summed E-state index contributed by atoms with van der Waals surface area (Å²) in [4.78, 5) is 33.7. The van der Waals surface area contributed by atoms with Crippen LogP contribution in [0.25, 0.3) is 33.1 Å². The molecule has 0 atom stereocenters. The molecule has 0 fully saturated rings. The van der Waals surface area contributed by atoms with Gasteiger partial charge >= 0.3 is 0 Å². The number of fused-ring (bicyclic) bond motifs is 2. The molecule has 0 aliphatic carbocycles. The number of nitrogens with one attached hydrogen (secondary N) is 1. The molecule has 5 aromatic rings. The molecule has 0 aliphatic rings. The predicted octanol–water partition coefficient (Wildman–Crippen LogP) is 3.05. The van der Waals surface area contributed by atoms with Gasteiger partial charge in [0, 0.05) is 18.0 Å². The number of amides is 1. The van der Waals surface area contributed by atoms with Crippen LogP contribution < -0.4 is 10.9 Å². The molecule has 148 valence electrons. The molecule has 0 saturated carbocycles. The number of carbonyl (C=O) groups excluding carboxylic acids is 1. The van der Waals surface area contributed by atoms with Crippen LogP contribution in [-0.4, -0.2) is 30.2 Å². The van der Waals surface area contributed by atoms with Crippen molar-refractivity contribution in [3.05, 3.63) is 70.7 Å². The third-order valence-corrected chi connectivity index (χ3v) is 5.59. The third-order valence-electron chi connectivity index (χ3n) is 4.83. The highest BCUT2D eigenvalue weighted by Crippen LogP contribution is 2.27. The second-order valence-electron chi connectivity index (χ2n) is 6.83. The quantitative estimate of drug-likeness (QED) is 0.486. The Hall–Kier alpha value is -3.85. The molecule has 1 N–H and O–H groups in total. The highest BCUT2D eigenvalue weighted by Gasteiger charge is 2.13. The maximum atomic E-state index is 12.5. The number of thiazole rings is 1. The van der Waals surface area contributed by atoms with Crippen molar-refractivity contribution in [3.63, 3.8) is 0 Å². The maximum absolute atomic E-state index is 12.5. The number of hydrogen-bond donors (Lipinski definition) is 1. The lowest BCUT2D eigenvalue weighted by atomic mass is 10.1. The van der Waals surface area contributed by atoms with E-state index in [1.807, 2.05) is 23.6 Å². The fraction of sp³-hybridized carbons (Fsp3) is 0.0952. The first-order valence-corrected chi connectivity index (χ1v) is 10.1. The highest BCUT2D eigenvalue weighted by atomic mass is 32.1. The average molecular weight is 416 g/mol. The zero-order valence-corrected chi connectivity index (χ0v) is 16.8. The van der Waals surface area contributed by atoms with E-state index >= 15 is 0 Å². The molecule has 1 amide bonds. The summed E-state index contributed by atoms with van der Waals surface area (Å²) in [5.74, 6) is -0.346. The zero-order valence-electron chi connectivity index (χ0n) is 15.9. The van der Waals surface area contributed by atoms with E-state index in [0.29, 0.717) is 16.2 Å². The summed E-state index contributed by atoms with van der Waals surface area (Å²) in [7, 11) is 1.71. The largest absolute Gasteiger partial charge is 0.300 e. The first-order chi connectivity index (χ1) is 14.6. The second kappa shape index (κ2) is 7.20. The van der Waals surface area contributed by atoms with E-state index in [1.54, 1.807) is 7.05 Å². The zero-order chi connectivity index (χ0) is 20.7. The Labute approximate surface area is 174 Å². The summed E-state index contributed by atoms with van der Waals surface area (Å²) in [6.07, 6.45) is 2.81. The Bertz CT molecular complexity index is 1470. The molecule has 0 bridgehead atoms. The summed E-state index contributed by atoms with van der Waals surface area (Å²) < 4.78 is 2.78. The minimum Gasteiger partial charge on any atom is -0.300 e. The first-order valence-electron chi connectivity index (χ1n) is 9.20. The molecular formula is C21H16N6O2S. The average Bonchev–Trinajstić information content (AvgIpc) is 3.37. The fourth-order valence-corrected chi connectivity index (χ4v) is 4.04. The van der Waals surface area contributed by atoms with Crippen LogP contribution in [0.15, 0.2) is 65.2 Å². The number of aromatic nitrogens is 5. The highest BCUT2D eigenvalue weighted by molar-refractivity contribution is 7.14. The van der Waals surface area contributed by atoms with Crippen LogP contribution in [0.3, 0.4) is 0 Å². The molecule has 0 aliphatic heterocycles. The van der Waals surface area contributed by atoms with Gasteiger partial charge in [-0.3, -0.25) is 18.8 Å². The standard InChI is InChI=1S/C21H16N6O2S/c1-26-19-16(9-23-26)20(29)27(12-22-19)10-18(28)25-21-24-17(11-30-21)15-7-6-13-4-2-3-5-14(13)8-15/h2-9,11-12H,10H2,1H3,(H,24,25,28). The summed E-state index contributed by atoms with van der Waals surface area (Å²) in [6.45, 7) is -0.151. The lowest BCUT2D eigenvalue weighted by Crippen LogP contribution is -2.27. The van der Waals surface area contributed by atoms with Gasteiger partial charge in [-0.25, -0.2) is 9.97 Å². The number of carbonyl (C=O) groups is 1. The van der Waals surface area contributed by atoms with Gasteiger partial charge in [-0.05, 0) is 16.8 Å². The van der Waals surface area contributed by atoms with Gasteiger partial charge in [-0.15, -0.1) is 11.3 Å². The summed E-state index contributed by atoms with van der Waals surface area (Å²) >= 11 is 1.34. The number of nitrogens with zero attached hydrogens (tertiary/aromatic N) is 5. The number of hydrogen-bond acceptors (Lipinski definition) is 6. The van der Waals surface area contributed by atoms with Gasteiger partial charge < -0.3 is 5.32 Å². The van der Waals surface area contributed by atoms with Gasteiger partial charge in [0.15, 0.2) is 10.8 Å². The lowest BCUT2D eigenvalue weighted by Gasteiger charge is -2.05. The van der Waals surface area contributed by atoms with Crippen molar-refractivity contribution in [2.24, 2.45) is 7.05 Å². The van der Waals surface area contributed by atoms with E-state index < -0.39 is 0 Å². The van der Waals surface area contributed by atoms with Gasteiger partial charge in [0.25, 0.3) is 5.56 Å². The Morgan fingerprint density at radius 3 is 2.87 bits per heavy atom. The lowest BCUT2D eigenvalue weighted by molar-refractivity contribution is -0.116. The van der Waals surface area contributed by atoms with Crippen molar-refractivity contribution in [1.29, 1.82) is 0 Å². The second-order valence-corrected chi connectivity index (χ2v) is 7.69. The molecule has 2 aromatic carbocycles. The van der Waals surface area contributed by atoms with Crippen LogP contribution >= 0.6 is 11.3 Å². The minimum atomic E-state index is -0.346. The predicted molar refractivity (Wildman–Crippen MR) is 116 cm³/mol. The molecule has 0 radical (unpaired) electrons. The molecule has 5 rings (SSSR count). The Morgan fingerprint density at radius 2 is 2.00 bits per heavy atom. The van der Waals surface area contributed by atoms with Crippen LogP contribution in [0.5, 0.6) is 0 Å². The Morgan fingerprint density at radius 1 is 1.17 bits per heavy atom. The minimum absolute atomic E-state index is 0.151. The van der Waals surface area contributed by atoms with Crippen LogP contribution in [0, 0.1) is 0 Å². The van der Waals surface area contributed by atoms with Crippen LogP contribution in [0.2, 0.25) is 0 Å². The number of aryl methyl sites for hydroxylation is 1. The molecule has 3 heterocycles. The van der Waals surface area contributed by atoms with Gasteiger partial charge in [-0.1, -0.05) is 36.4 Å². The van der Waals surface area contributed by atoms with Crippen molar-refractivity contribution < 1.29 is 4.79 Å². The molecular weight excluding hydrogens is 400 g/mol. The molecule has 9 heteroatoms.